The van der Waals surface area contributed by atoms with E-state index in [4.69, 9.17) is 0 Å². The van der Waals surface area contributed by atoms with E-state index in [1.165, 1.54) is 12.6 Å². The van der Waals surface area contributed by atoms with Gasteiger partial charge in [-0.15, -0.1) is 0 Å². The van der Waals surface area contributed by atoms with Gasteiger partial charge in [-0.3, -0.25) is 9.10 Å². The van der Waals surface area contributed by atoms with Crippen molar-refractivity contribution in [3.05, 3.63) is 59.7 Å². The molecule has 0 spiro atoms. The average molecular weight is 346 g/mol. The number of nitrogens with one attached hydrogen (secondary N) is 1. The zero-order chi connectivity index (χ0) is 17.9. The number of rotatable bonds is 5. The SMILES string of the molecule is CC(C)c1ccc(NC(=O)c2cccc(N(C)S(C)(=O)=O)c2)cc1. The summed E-state index contributed by atoms with van der Waals surface area (Å²) >= 11 is 0. The summed E-state index contributed by atoms with van der Waals surface area (Å²) < 4.78 is 24.4. The Labute approximate surface area is 143 Å². The molecular formula is C18H22N2O3S. The lowest BCUT2D eigenvalue weighted by Crippen LogP contribution is -2.25. The summed E-state index contributed by atoms with van der Waals surface area (Å²) in [6.45, 7) is 4.22. The molecule has 0 aliphatic carbocycles. The Morgan fingerprint density at radius 2 is 1.71 bits per heavy atom. The standard InChI is InChI=1S/C18H22N2O3S/c1-13(2)14-8-10-16(11-9-14)19-18(21)15-6-5-7-17(12-15)20(3)24(4,22)23/h5-13H,1-4H3,(H,19,21). The third-order valence-electron chi connectivity index (χ3n) is 3.80. The first-order valence-electron chi connectivity index (χ1n) is 7.64. The fourth-order valence-electron chi connectivity index (χ4n) is 2.19. The van der Waals surface area contributed by atoms with E-state index in [-0.39, 0.29) is 5.91 Å². The number of sulfonamides is 1. The first-order chi connectivity index (χ1) is 11.2. The number of hydrogen-bond acceptors (Lipinski definition) is 3. The Bertz CT molecular complexity index is 828. The van der Waals surface area contributed by atoms with Gasteiger partial charge in [-0.1, -0.05) is 32.0 Å². The van der Waals surface area contributed by atoms with Crippen molar-refractivity contribution in [1.29, 1.82) is 0 Å². The van der Waals surface area contributed by atoms with Crippen LogP contribution in [0, 0.1) is 0 Å². The highest BCUT2D eigenvalue weighted by molar-refractivity contribution is 7.92. The van der Waals surface area contributed by atoms with Gasteiger partial charge in [0.2, 0.25) is 10.0 Å². The molecule has 2 aromatic carbocycles. The smallest absolute Gasteiger partial charge is 0.255 e. The van der Waals surface area contributed by atoms with E-state index in [9.17, 15) is 13.2 Å². The molecular weight excluding hydrogens is 324 g/mol. The Morgan fingerprint density at radius 1 is 1.08 bits per heavy atom. The molecule has 0 aliphatic rings. The van der Waals surface area contributed by atoms with Crippen molar-refractivity contribution in [3.8, 4) is 0 Å². The first kappa shape index (κ1) is 18.0. The van der Waals surface area contributed by atoms with Gasteiger partial charge in [0, 0.05) is 18.3 Å². The summed E-state index contributed by atoms with van der Waals surface area (Å²) in [5.74, 6) is 0.147. The van der Waals surface area contributed by atoms with Crippen molar-refractivity contribution < 1.29 is 13.2 Å². The highest BCUT2D eigenvalue weighted by Crippen LogP contribution is 2.20. The van der Waals surface area contributed by atoms with Crippen LogP contribution < -0.4 is 9.62 Å². The van der Waals surface area contributed by atoms with Gasteiger partial charge in [-0.05, 0) is 41.8 Å². The molecule has 1 amide bonds. The minimum atomic E-state index is -3.37. The van der Waals surface area contributed by atoms with Gasteiger partial charge in [0.05, 0.1) is 11.9 Å². The fraction of sp³-hybridized carbons (Fsp3) is 0.278. The Balaban J connectivity index is 2.18. The van der Waals surface area contributed by atoms with Crippen LogP contribution in [0.4, 0.5) is 11.4 Å². The van der Waals surface area contributed by atoms with Crippen LogP contribution in [0.2, 0.25) is 0 Å². The largest absolute Gasteiger partial charge is 0.322 e. The Kier molecular flexibility index (Phi) is 5.29. The maximum atomic E-state index is 12.4. The summed E-state index contributed by atoms with van der Waals surface area (Å²) in [6, 6.07) is 14.2. The van der Waals surface area contributed by atoms with Crippen molar-refractivity contribution >= 4 is 27.3 Å². The van der Waals surface area contributed by atoms with E-state index in [1.54, 1.807) is 24.3 Å². The lowest BCUT2D eigenvalue weighted by molar-refractivity contribution is 0.102. The van der Waals surface area contributed by atoms with Crippen LogP contribution >= 0.6 is 0 Å². The minimum absolute atomic E-state index is 0.281. The summed E-state index contributed by atoms with van der Waals surface area (Å²) in [4.78, 5) is 12.4. The van der Waals surface area contributed by atoms with Crippen LogP contribution in [0.15, 0.2) is 48.5 Å². The Hall–Kier alpha value is -2.34. The number of anilines is 2. The van der Waals surface area contributed by atoms with Crippen molar-refractivity contribution in [2.24, 2.45) is 0 Å². The van der Waals surface area contributed by atoms with E-state index in [2.05, 4.69) is 19.2 Å². The van der Waals surface area contributed by atoms with E-state index in [0.29, 0.717) is 22.9 Å². The van der Waals surface area contributed by atoms with Gasteiger partial charge < -0.3 is 5.32 Å². The summed E-state index contributed by atoms with van der Waals surface area (Å²) in [7, 11) is -1.91. The lowest BCUT2D eigenvalue weighted by Gasteiger charge is -2.17. The number of carbonyl (C=O) groups excluding carboxylic acids is 1. The van der Waals surface area contributed by atoms with Gasteiger partial charge >= 0.3 is 0 Å². The topological polar surface area (TPSA) is 66.5 Å². The number of amides is 1. The zero-order valence-electron chi connectivity index (χ0n) is 14.3. The molecule has 0 aliphatic heterocycles. The predicted octanol–water partition coefficient (Wildman–Crippen LogP) is 3.46. The van der Waals surface area contributed by atoms with Crippen LogP contribution in [0.3, 0.4) is 0 Å². The molecule has 2 rings (SSSR count). The van der Waals surface area contributed by atoms with E-state index >= 15 is 0 Å². The summed E-state index contributed by atoms with van der Waals surface area (Å²) in [6.07, 6.45) is 1.12. The van der Waals surface area contributed by atoms with Gasteiger partial charge in [0.1, 0.15) is 0 Å². The molecule has 0 atom stereocenters. The number of carbonyl (C=O) groups is 1. The van der Waals surface area contributed by atoms with Crippen LogP contribution in [-0.4, -0.2) is 27.6 Å². The highest BCUT2D eigenvalue weighted by atomic mass is 32.2. The third kappa shape index (κ3) is 4.35. The van der Waals surface area contributed by atoms with Crippen molar-refractivity contribution in [2.75, 3.05) is 22.9 Å². The van der Waals surface area contributed by atoms with Gasteiger partial charge in [-0.25, -0.2) is 8.42 Å². The quantitative estimate of drug-likeness (QED) is 0.901. The van der Waals surface area contributed by atoms with Gasteiger partial charge in [0.25, 0.3) is 5.91 Å². The molecule has 128 valence electrons. The lowest BCUT2D eigenvalue weighted by atomic mass is 10.0. The second kappa shape index (κ2) is 7.05. The number of benzene rings is 2. The normalized spacial score (nSPS) is 11.4. The molecule has 2 aromatic rings. The molecule has 5 nitrogen and oxygen atoms in total. The summed E-state index contributed by atoms with van der Waals surface area (Å²) in [5, 5.41) is 2.82. The van der Waals surface area contributed by atoms with E-state index in [1.807, 2.05) is 24.3 Å². The number of hydrogen-bond donors (Lipinski definition) is 1. The van der Waals surface area contributed by atoms with Crippen LogP contribution in [0.1, 0.15) is 35.7 Å². The molecule has 24 heavy (non-hydrogen) atoms. The van der Waals surface area contributed by atoms with Crippen LogP contribution in [-0.2, 0) is 10.0 Å². The third-order valence-corrected chi connectivity index (χ3v) is 5.01. The molecule has 1 N–H and O–H groups in total. The summed E-state index contributed by atoms with van der Waals surface area (Å²) in [5.41, 5.74) is 2.74. The fourth-order valence-corrected chi connectivity index (χ4v) is 2.69. The zero-order valence-corrected chi connectivity index (χ0v) is 15.1. The minimum Gasteiger partial charge on any atom is -0.322 e. The number of nitrogens with zero attached hydrogens (tertiary/aromatic N) is 1. The molecule has 0 saturated carbocycles. The van der Waals surface area contributed by atoms with Crippen molar-refractivity contribution in [2.45, 2.75) is 19.8 Å². The second-order valence-corrected chi connectivity index (χ2v) is 8.03. The highest BCUT2D eigenvalue weighted by Gasteiger charge is 2.14. The maximum absolute atomic E-state index is 12.4. The molecule has 0 aromatic heterocycles. The van der Waals surface area contributed by atoms with Crippen molar-refractivity contribution in [1.82, 2.24) is 0 Å². The van der Waals surface area contributed by atoms with E-state index in [0.717, 1.165) is 10.6 Å². The monoisotopic (exact) mass is 346 g/mol. The first-order valence-corrected chi connectivity index (χ1v) is 9.48. The van der Waals surface area contributed by atoms with Crippen LogP contribution in [0.5, 0.6) is 0 Å². The average Bonchev–Trinajstić information content (AvgIpc) is 2.54. The van der Waals surface area contributed by atoms with Crippen LogP contribution in [0.25, 0.3) is 0 Å². The predicted molar refractivity (Wildman–Crippen MR) is 98.2 cm³/mol. The molecule has 0 heterocycles. The van der Waals surface area contributed by atoms with Gasteiger partial charge in [0.15, 0.2) is 0 Å². The molecule has 0 bridgehead atoms. The molecule has 0 unspecified atom stereocenters. The maximum Gasteiger partial charge on any atom is 0.255 e. The Morgan fingerprint density at radius 3 is 2.25 bits per heavy atom. The van der Waals surface area contributed by atoms with E-state index < -0.39 is 10.0 Å². The molecule has 0 saturated heterocycles. The molecule has 6 heteroatoms. The van der Waals surface area contributed by atoms with Gasteiger partial charge in [-0.2, -0.15) is 0 Å². The molecule has 0 radical (unpaired) electrons. The molecule has 0 fully saturated rings. The van der Waals surface area contributed by atoms with Crippen molar-refractivity contribution in [3.63, 3.8) is 0 Å². The second-order valence-electron chi connectivity index (χ2n) is 6.01.